The Kier molecular flexibility index (Phi) is 12.5. The number of ether oxygens (including phenoxy) is 4. The highest BCUT2D eigenvalue weighted by molar-refractivity contribution is 6.04. The fourth-order valence-corrected chi connectivity index (χ4v) is 9.36. The molecule has 0 spiro atoms. The summed E-state index contributed by atoms with van der Waals surface area (Å²) in [5.41, 5.74) is -2.11. The van der Waals surface area contributed by atoms with Gasteiger partial charge in [0.25, 0.3) is 0 Å². The molecule has 9 heteroatoms. The van der Waals surface area contributed by atoms with Gasteiger partial charge in [-0.2, -0.15) is 0 Å². The minimum Gasteiger partial charge on any atom is -0.463 e. The van der Waals surface area contributed by atoms with Gasteiger partial charge in [-0.3, -0.25) is 19.4 Å². The van der Waals surface area contributed by atoms with Crippen LogP contribution in [0.5, 0.6) is 0 Å². The van der Waals surface area contributed by atoms with Crippen molar-refractivity contribution < 1.29 is 28.5 Å². The van der Waals surface area contributed by atoms with Crippen LogP contribution >= 0.6 is 0 Å². The van der Waals surface area contributed by atoms with Crippen molar-refractivity contribution >= 4 is 11.8 Å². The average Bonchev–Trinajstić information content (AvgIpc) is 3.18. The molecule has 0 N–H and O–H groups in total. The highest BCUT2D eigenvalue weighted by Gasteiger charge is 2.51. The quantitative estimate of drug-likeness (QED) is 0.272. The zero-order valence-electron chi connectivity index (χ0n) is 31.2. The molecular weight excluding hydrogens is 582 g/mol. The maximum atomic E-state index is 14.3. The van der Waals surface area contributed by atoms with Crippen LogP contribution in [0.1, 0.15) is 100 Å². The number of hydrogen-bond acceptors (Lipinski definition) is 9. The van der Waals surface area contributed by atoms with Crippen molar-refractivity contribution in [3.8, 4) is 0 Å². The van der Waals surface area contributed by atoms with E-state index in [0.717, 1.165) is 32.4 Å². The number of hydrogen-bond donors (Lipinski definition) is 0. The van der Waals surface area contributed by atoms with Gasteiger partial charge < -0.3 is 23.8 Å². The van der Waals surface area contributed by atoms with Crippen LogP contribution in [0.4, 0.5) is 0 Å². The molecule has 4 fully saturated rings. The summed E-state index contributed by atoms with van der Waals surface area (Å²) in [6.07, 6.45) is 6.05. The molecule has 0 aromatic heterocycles. The van der Waals surface area contributed by atoms with Gasteiger partial charge in [-0.05, 0) is 105 Å². The molecule has 266 valence electrons. The Labute approximate surface area is 280 Å². The van der Waals surface area contributed by atoms with E-state index in [4.69, 9.17) is 18.9 Å². The molecule has 4 aliphatic rings. The third-order valence-corrected chi connectivity index (χ3v) is 11.9. The number of likely N-dealkylation sites (N-methyl/N-ethyl adjacent to an activating group) is 1. The van der Waals surface area contributed by atoms with Crippen LogP contribution in [-0.4, -0.2) is 123 Å². The van der Waals surface area contributed by atoms with Gasteiger partial charge >= 0.3 is 5.97 Å². The third-order valence-electron chi connectivity index (χ3n) is 11.9. The summed E-state index contributed by atoms with van der Waals surface area (Å²) >= 11 is 0. The van der Waals surface area contributed by atoms with Crippen molar-refractivity contribution in [2.75, 3.05) is 47.9 Å². The number of nitrogens with zero attached hydrogens (tertiary/aromatic N) is 3. The number of cyclic esters (lactones) is 1. The van der Waals surface area contributed by atoms with Crippen LogP contribution in [-0.2, 0) is 28.5 Å². The Balaban J connectivity index is 1.62. The number of ketones is 1. The summed E-state index contributed by atoms with van der Waals surface area (Å²) in [5, 5.41) is 0. The summed E-state index contributed by atoms with van der Waals surface area (Å²) in [7, 11) is 8.08. The van der Waals surface area contributed by atoms with Crippen LogP contribution in [0.3, 0.4) is 0 Å². The maximum absolute atomic E-state index is 14.3. The topological polar surface area (TPSA) is 80.8 Å². The van der Waals surface area contributed by atoms with Crippen LogP contribution in [0, 0.1) is 29.1 Å². The standard InChI is InChI=1S/C37H67N3O6/c1-23(2)20-40-28-13-14-29(40)17-27(16-28)31-22-44-35(42)36(6,7)33(41)26(5)34(37(8,43-12)19-24(3)21-39(31)11)46-32-18-30(38(9)10)15-25(4)45-32/h23-32,34H,13-22H2,1-12H3/t24-,25-,26+,27?,28?,29?,30+,31?,32+,34-,37-/m1/s1. The number of piperidine rings is 1. The maximum Gasteiger partial charge on any atom is 0.319 e. The predicted molar refractivity (Wildman–Crippen MR) is 182 cm³/mol. The van der Waals surface area contributed by atoms with Crippen LogP contribution in [0.15, 0.2) is 0 Å². The average molecular weight is 650 g/mol. The van der Waals surface area contributed by atoms with Crippen molar-refractivity contribution in [2.45, 2.75) is 149 Å². The molecule has 0 radical (unpaired) electrons. The second-order valence-electron chi connectivity index (χ2n) is 16.9. The molecule has 0 aromatic carbocycles. The summed E-state index contributed by atoms with van der Waals surface area (Å²) in [4.78, 5) is 35.5. The summed E-state index contributed by atoms with van der Waals surface area (Å²) < 4.78 is 25.6. The molecule has 10 atom stereocenters. The largest absolute Gasteiger partial charge is 0.463 e. The lowest BCUT2D eigenvalue weighted by Crippen LogP contribution is -2.55. The zero-order valence-corrected chi connectivity index (χ0v) is 31.2. The Morgan fingerprint density at radius 1 is 1.00 bits per heavy atom. The van der Waals surface area contributed by atoms with E-state index in [1.165, 1.54) is 12.8 Å². The first-order valence-electron chi connectivity index (χ1n) is 18.2. The fourth-order valence-electron chi connectivity index (χ4n) is 9.36. The number of Topliss-reactive ketones (excluding diaryl/α,β-unsaturated/α-hetero) is 1. The van der Waals surface area contributed by atoms with E-state index < -0.39 is 35.3 Å². The van der Waals surface area contributed by atoms with E-state index in [9.17, 15) is 9.59 Å². The van der Waals surface area contributed by atoms with E-state index in [-0.39, 0.29) is 23.8 Å². The van der Waals surface area contributed by atoms with Gasteiger partial charge in [0.1, 0.15) is 12.0 Å². The van der Waals surface area contributed by atoms with Crippen molar-refractivity contribution in [1.82, 2.24) is 14.7 Å². The molecule has 0 saturated carbocycles. The van der Waals surface area contributed by atoms with E-state index in [0.29, 0.717) is 49.4 Å². The Hall–Kier alpha value is -1.10. The van der Waals surface area contributed by atoms with Gasteiger partial charge in [0.2, 0.25) is 0 Å². The van der Waals surface area contributed by atoms with Gasteiger partial charge in [-0.1, -0.05) is 27.7 Å². The fraction of sp³-hybridized carbons (Fsp3) is 0.946. The number of methoxy groups -OCH3 is 1. The lowest BCUT2D eigenvalue weighted by Gasteiger charge is -2.46. The Morgan fingerprint density at radius 3 is 2.20 bits per heavy atom. The summed E-state index contributed by atoms with van der Waals surface area (Å²) in [5.74, 6) is 0.0806. The first-order chi connectivity index (χ1) is 21.5. The second kappa shape index (κ2) is 15.2. The second-order valence-corrected chi connectivity index (χ2v) is 16.9. The van der Waals surface area contributed by atoms with E-state index in [2.05, 4.69) is 70.5 Å². The first kappa shape index (κ1) is 37.7. The number of carbonyl (C=O) groups excluding carboxylic acids is 2. The molecular formula is C37H67N3O6. The molecule has 0 amide bonds. The number of rotatable bonds is 7. The Morgan fingerprint density at radius 2 is 1.63 bits per heavy atom. The monoisotopic (exact) mass is 650 g/mol. The van der Waals surface area contributed by atoms with E-state index in [1.807, 2.05) is 6.92 Å². The molecule has 3 unspecified atom stereocenters. The minimum atomic E-state index is -1.33. The van der Waals surface area contributed by atoms with Gasteiger partial charge in [-0.15, -0.1) is 0 Å². The van der Waals surface area contributed by atoms with Crippen molar-refractivity contribution in [3.05, 3.63) is 0 Å². The number of carbonyl (C=O) groups is 2. The third kappa shape index (κ3) is 8.36. The van der Waals surface area contributed by atoms with Crippen molar-refractivity contribution in [3.63, 3.8) is 0 Å². The molecule has 46 heavy (non-hydrogen) atoms. The van der Waals surface area contributed by atoms with Crippen molar-refractivity contribution in [1.29, 1.82) is 0 Å². The molecule has 4 aliphatic heterocycles. The van der Waals surface area contributed by atoms with Gasteiger partial charge in [0.05, 0.1) is 17.8 Å². The Bertz CT molecular complexity index is 1020. The normalized spacial score (nSPS) is 42.0. The molecule has 2 bridgehead atoms. The number of fused-ring (bicyclic) bond motifs is 2. The van der Waals surface area contributed by atoms with Crippen LogP contribution < -0.4 is 0 Å². The first-order valence-corrected chi connectivity index (χ1v) is 18.2. The van der Waals surface area contributed by atoms with Crippen molar-refractivity contribution in [2.24, 2.45) is 29.1 Å². The van der Waals surface area contributed by atoms with E-state index >= 15 is 0 Å². The van der Waals surface area contributed by atoms with Crippen LogP contribution in [0.25, 0.3) is 0 Å². The van der Waals surface area contributed by atoms with Crippen LogP contribution in [0.2, 0.25) is 0 Å². The van der Waals surface area contributed by atoms with Gasteiger partial charge in [0, 0.05) is 56.7 Å². The molecule has 0 aromatic rings. The summed E-state index contributed by atoms with van der Waals surface area (Å²) in [6, 6.07) is 1.61. The molecule has 4 heterocycles. The lowest BCUT2D eigenvalue weighted by molar-refractivity contribution is -0.263. The lowest BCUT2D eigenvalue weighted by atomic mass is 9.74. The van der Waals surface area contributed by atoms with E-state index in [1.54, 1.807) is 21.0 Å². The highest BCUT2D eigenvalue weighted by Crippen LogP contribution is 2.43. The molecule has 0 aliphatic carbocycles. The molecule has 4 rings (SSSR count). The smallest absolute Gasteiger partial charge is 0.319 e. The minimum absolute atomic E-state index is 0.0316. The predicted octanol–water partition coefficient (Wildman–Crippen LogP) is 5.25. The van der Waals surface area contributed by atoms with Gasteiger partial charge in [-0.25, -0.2) is 0 Å². The summed E-state index contributed by atoms with van der Waals surface area (Å²) in [6.45, 7) is 18.6. The highest BCUT2D eigenvalue weighted by atomic mass is 16.7. The zero-order chi connectivity index (χ0) is 34.1. The molecule has 4 saturated heterocycles. The molecule has 9 nitrogen and oxygen atoms in total. The SMILES string of the molecule is CO[C@]1(C)C[C@@H](C)CN(C)C(C2CC3CCC(C2)N3CC(C)C)COC(=O)C(C)(C)C(=O)[C@H](C)[C@H]1O[C@H]1C[C@@H](N(C)C)C[C@@H](C)O1. The van der Waals surface area contributed by atoms with Gasteiger partial charge in [0.15, 0.2) is 12.1 Å². The number of esters is 1.